The Bertz CT molecular complexity index is 851. The van der Waals surface area contributed by atoms with E-state index >= 15 is 0 Å². The number of piperazine rings is 1. The number of fused-ring (bicyclic) bond motifs is 1. The maximum atomic E-state index is 14.1. The van der Waals surface area contributed by atoms with Crippen LogP contribution in [0.5, 0.6) is 0 Å². The van der Waals surface area contributed by atoms with E-state index in [0.29, 0.717) is 11.1 Å². The molecule has 1 aromatic heterocycles. The van der Waals surface area contributed by atoms with E-state index in [9.17, 15) is 4.39 Å². The third-order valence-corrected chi connectivity index (χ3v) is 8.16. The summed E-state index contributed by atoms with van der Waals surface area (Å²) in [4.78, 5) is 9.98. The van der Waals surface area contributed by atoms with Gasteiger partial charge in [0.05, 0.1) is 5.69 Å². The summed E-state index contributed by atoms with van der Waals surface area (Å²) in [6.07, 6.45) is 8.94. The highest BCUT2D eigenvalue weighted by molar-refractivity contribution is 5.79. The second-order valence-electron chi connectivity index (χ2n) is 10.0. The molecule has 0 radical (unpaired) electrons. The molecule has 1 saturated heterocycles. The van der Waals surface area contributed by atoms with E-state index in [-0.39, 0.29) is 5.82 Å². The number of benzene rings is 1. The van der Waals surface area contributed by atoms with Crippen molar-refractivity contribution in [3.05, 3.63) is 41.8 Å². The molecular weight excluding hydrogens is 349 g/mol. The van der Waals surface area contributed by atoms with E-state index in [4.69, 9.17) is 0 Å². The van der Waals surface area contributed by atoms with Gasteiger partial charge in [0.1, 0.15) is 11.3 Å². The standard InChI is InChI=1S/C24H30FN3/c25-22-3-1-2-20-4-5-21(26-23(20)22)16-27-6-8-28(9-7-27)24-13-17-10-18(14-24)12-19(11-17)15-24/h1-5,17-19H,6-16H2. The fourth-order valence-electron chi connectivity index (χ4n) is 7.30. The smallest absolute Gasteiger partial charge is 0.149 e. The number of pyridine rings is 1. The number of nitrogens with zero attached hydrogens (tertiary/aromatic N) is 3. The van der Waals surface area contributed by atoms with Crippen LogP contribution in [0.2, 0.25) is 0 Å². The number of hydrogen-bond acceptors (Lipinski definition) is 3. The predicted molar refractivity (Wildman–Crippen MR) is 109 cm³/mol. The topological polar surface area (TPSA) is 19.4 Å². The lowest BCUT2D eigenvalue weighted by Gasteiger charge is -2.61. The summed E-state index contributed by atoms with van der Waals surface area (Å²) in [6, 6.07) is 9.26. The van der Waals surface area contributed by atoms with Crippen molar-refractivity contribution in [1.82, 2.24) is 14.8 Å². The summed E-state index contributed by atoms with van der Waals surface area (Å²) in [6.45, 7) is 5.43. The summed E-state index contributed by atoms with van der Waals surface area (Å²) in [5, 5.41) is 0.885. The van der Waals surface area contributed by atoms with Crippen LogP contribution < -0.4 is 0 Å². The fourth-order valence-corrected chi connectivity index (χ4v) is 7.30. The molecule has 3 nitrogen and oxygen atoms in total. The highest BCUT2D eigenvalue weighted by atomic mass is 19.1. The Labute approximate surface area is 166 Å². The van der Waals surface area contributed by atoms with E-state index in [1.807, 2.05) is 12.1 Å². The van der Waals surface area contributed by atoms with Crippen LogP contribution in [0.1, 0.15) is 44.2 Å². The van der Waals surface area contributed by atoms with Crippen molar-refractivity contribution in [2.45, 2.75) is 50.6 Å². The Morgan fingerprint density at radius 1 is 0.893 bits per heavy atom. The number of rotatable bonds is 3. The van der Waals surface area contributed by atoms with Gasteiger partial charge in [-0.2, -0.15) is 0 Å². The van der Waals surface area contributed by atoms with E-state index in [2.05, 4.69) is 20.9 Å². The quantitative estimate of drug-likeness (QED) is 0.785. The second-order valence-corrected chi connectivity index (χ2v) is 10.0. The second kappa shape index (κ2) is 6.50. The zero-order valence-corrected chi connectivity index (χ0v) is 16.6. The maximum Gasteiger partial charge on any atom is 0.149 e. The Hall–Kier alpha value is -1.52. The van der Waals surface area contributed by atoms with Crippen molar-refractivity contribution in [2.75, 3.05) is 26.2 Å². The molecule has 4 saturated carbocycles. The summed E-state index contributed by atoms with van der Waals surface area (Å²) in [5.41, 5.74) is 2.03. The molecule has 4 heteroatoms. The average molecular weight is 380 g/mol. The summed E-state index contributed by atoms with van der Waals surface area (Å²) >= 11 is 0. The molecule has 5 aliphatic rings. The van der Waals surface area contributed by atoms with Gasteiger partial charge >= 0.3 is 0 Å². The van der Waals surface area contributed by atoms with Crippen LogP contribution in [0.3, 0.4) is 0 Å². The van der Waals surface area contributed by atoms with Crippen LogP contribution in [0, 0.1) is 23.6 Å². The molecule has 0 spiro atoms. The number of aromatic nitrogens is 1. The van der Waals surface area contributed by atoms with Crippen molar-refractivity contribution in [3.8, 4) is 0 Å². The number of para-hydroxylation sites is 1. The minimum atomic E-state index is -0.217. The van der Waals surface area contributed by atoms with Gasteiger partial charge in [0.25, 0.3) is 0 Å². The Balaban J connectivity index is 1.13. The van der Waals surface area contributed by atoms with Crippen molar-refractivity contribution in [2.24, 2.45) is 17.8 Å². The number of halogens is 1. The Morgan fingerprint density at radius 2 is 1.57 bits per heavy atom. The average Bonchev–Trinajstić information content (AvgIpc) is 2.68. The molecule has 5 fully saturated rings. The first kappa shape index (κ1) is 17.3. The minimum absolute atomic E-state index is 0.217. The molecule has 7 rings (SSSR count). The molecular formula is C24H30FN3. The zero-order chi connectivity index (χ0) is 18.7. The molecule has 1 aromatic carbocycles. The summed E-state index contributed by atoms with van der Waals surface area (Å²) < 4.78 is 14.1. The SMILES string of the molecule is Fc1cccc2ccc(CN3CCN(C45CC6CC(CC(C6)C4)C5)CC3)nc12. The van der Waals surface area contributed by atoms with Gasteiger partial charge in [-0.15, -0.1) is 0 Å². The highest BCUT2D eigenvalue weighted by Crippen LogP contribution is 2.57. The number of hydrogen-bond donors (Lipinski definition) is 0. The third kappa shape index (κ3) is 2.88. The molecule has 4 bridgehead atoms. The van der Waals surface area contributed by atoms with E-state index in [1.54, 1.807) is 6.07 Å². The lowest BCUT2D eigenvalue weighted by Crippen LogP contribution is -2.63. The van der Waals surface area contributed by atoms with E-state index in [1.165, 1.54) is 57.7 Å². The van der Waals surface area contributed by atoms with Crippen LogP contribution in [-0.4, -0.2) is 46.5 Å². The highest BCUT2D eigenvalue weighted by Gasteiger charge is 2.53. The van der Waals surface area contributed by atoms with Gasteiger partial charge in [0.15, 0.2) is 0 Å². The van der Waals surface area contributed by atoms with Crippen LogP contribution in [0.15, 0.2) is 30.3 Å². The van der Waals surface area contributed by atoms with E-state index < -0.39 is 0 Å². The monoisotopic (exact) mass is 379 g/mol. The molecule has 4 aliphatic carbocycles. The molecule has 28 heavy (non-hydrogen) atoms. The predicted octanol–water partition coefficient (Wildman–Crippen LogP) is 4.46. The molecule has 1 aliphatic heterocycles. The minimum Gasteiger partial charge on any atom is -0.295 e. The van der Waals surface area contributed by atoms with Crippen LogP contribution in [0.4, 0.5) is 4.39 Å². The molecule has 2 aromatic rings. The van der Waals surface area contributed by atoms with Crippen molar-refractivity contribution < 1.29 is 4.39 Å². The van der Waals surface area contributed by atoms with Crippen molar-refractivity contribution in [3.63, 3.8) is 0 Å². The molecule has 0 unspecified atom stereocenters. The third-order valence-electron chi connectivity index (χ3n) is 8.16. The molecule has 148 valence electrons. The van der Waals surface area contributed by atoms with Crippen LogP contribution in [0.25, 0.3) is 10.9 Å². The molecule has 0 amide bonds. The summed E-state index contributed by atoms with van der Waals surface area (Å²) in [5.74, 6) is 2.83. The van der Waals surface area contributed by atoms with Gasteiger partial charge in [0.2, 0.25) is 0 Å². The maximum absolute atomic E-state index is 14.1. The molecule has 0 N–H and O–H groups in total. The fraction of sp³-hybridized carbons (Fsp3) is 0.625. The van der Waals surface area contributed by atoms with Gasteiger partial charge in [0, 0.05) is 43.6 Å². The van der Waals surface area contributed by atoms with Gasteiger partial charge < -0.3 is 0 Å². The van der Waals surface area contributed by atoms with Gasteiger partial charge in [-0.25, -0.2) is 9.37 Å². The van der Waals surface area contributed by atoms with Crippen LogP contribution >= 0.6 is 0 Å². The van der Waals surface area contributed by atoms with E-state index in [0.717, 1.165) is 48.5 Å². The Morgan fingerprint density at radius 3 is 2.25 bits per heavy atom. The van der Waals surface area contributed by atoms with Crippen molar-refractivity contribution in [1.29, 1.82) is 0 Å². The first-order chi connectivity index (χ1) is 13.7. The Kier molecular flexibility index (Phi) is 4.03. The van der Waals surface area contributed by atoms with Crippen LogP contribution in [-0.2, 0) is 6.54 Å². The lowest BCUT2D eigenvalue weighted by molar-refractivity contribution is -0.102. The van der Waals surface area contributed by atoms with Crippen molar-refractivity contribution >= 4 is 10.9 Å². The molecule has 0 atom stereocenters. The normalized spacial score (nSPS) is 35.7. The molecule has 2 heterocycles. The lowest BCUT2D eigenvalue weighted by atomic mass is 9.52. The van der Waals surface area contributed by atoms with Gasteiger partial charge in [-0.05, 0) is 68.4 Å². The van der Waals surface area contributed by atoms with Gasteiger partial charge in [-0.1, -0.05) is 18.2 Å². The zero-order valence-electron chi connectivity index (χ0n) is 16.6. The summed E-state index contributed by atoms with van der Waals surface area (Å²) in [7, 11) is 0. The van der Waals surface area contributed by atoms with Gasteiger partial charge in [-0.3, -0.25) is 9.80 Å². The first-order valence-corrected chi connectivity index (χ1v) is 11.2. The first-order valence-electron chi connectivity index (χ1n) is 11.2. The largest absolute Gasteiger partial charge is 0.295 e.